The van der Waals surface area contributed by atoms with E-state index < -0.39 is 6.10 Å². The number of hydrogen-bond donors (Lipinski definition) is 3. The smallest absolute Gasteiger partial charge is 0.265 e. The summed E-state index contributed by atoms with van der Waals surface area (Å²) in [6, 6.07) is 5.17. The number of fused-ring (bicyclic) bond motifs is 1. The van der Waals surface area contributed by atoms with E-state index in [1.165, 1.54) is 0 Å². The van der Waals surface area contributed by atoms with E-state index in [0.717, 1.165) is 13.1 Å². The molecular weight excluding hydrogens is 258 g/mol. The molecule has 0 aromatic heterocycles. The van der Waals surface area contributed by atoms with Crippen molar-refractivity contribution in [1.29, 1.82) is 0 Å². The molecule has 1 fully saturated rings. The maximum Gasteiger partial charge on any atom is 0.265 e. The normalized spacial score (nSPS) is 21.2. The molecule has 2 aliphatic rings. The van der Waals surface area contributed by atoms with Gasteiger partial charge in [-0.3, -0.25) is 9.59 Å². The van der Waals surface area contributed by atoms with Crippen LogP contribution in [-0.2, 0) is 4.79 Å². The minimum absolute atomic E-state index is 0.169. The lowest BCUT2D eigenvalue weighted by Crippen LogP contribution is -2.48. The van der Waals surface area contributed by atoms with Crippen LogP contribution in [0, 0.1) is 5.92 Å². The molecule has 106 valence electrons. The molecule has 0 aliphatic carbocycles. The fourth-order valence-electron chi connectivity index (χ4n) is 2.23. The van der Waals surface area contributed by atoms with Crippen LogP contribution in [0.15, 0.2) is 18.2 Å². The molecule has 0 radical (unpaired) electrons. The molecule has 6 heteroatoms. The van der Waals surface area contributed by atoms with Crippen LogP contribution >= 0.6 is 0 Å². The SMILES string of the molecule is CC1Oc2c(cccc2C(=O)NCC2CNC2)NC1=O. The Morgan fingerprint density at radius 2 is 2.25 bits per heavy atom. The van der Waals surface area contributed by atoms with E-state index >= 15 is 0 Å². The molecule has 20 heavy (non-hydrogen) atoms. The lowest BCUT2D eigenvalue weighted by Gasteiger charge is -2.28. The number of amides is 2. The van der Waals surface area contributed by atoms with Crippen LogP contribution in [0.2, 0.25) is 0 Å². The Hall–Kier alpha value is -2.08. The lowest BCUT2D eigenvalue weighted by atomic mass is 10.0. The summed E-state index contributed by atoms with van der Waals surface area (Å²) in [4.78, 5) is 23.8. The molecule has 1 saturated heterocycles. The van der Waals surface area contributed by atoms with Gasteiger partial charge in [-0.1, -0.05) is 6.07 Å². The highest BCUT2D eigenvalue weighted by Crippen LogP contribution is 2.33. The van der Waals surface area contributed by atoms with Gasteiger partial charge in [0.2, 0.25) is 0 Å². The topological polar surface area (TPSA) is 79.5 Å². The van der Waals surface area contributed by atoms with Crippen molar-refractivity contribution in [3.63, 3.8) is 0 Å². The zero-order valence-corrected chi connectivity index (χ0v) is 11.2. The van der Waals surface area contributed by atoms with Gasteiger partial charge < -0.3 is 20.7 Å². The zero-order valence-electron chi connectivity index (χ0n) is 11.2. The fourth-order valence-corrected chi connectivity index (χ4v) is 2.23. The van der Waals surface area contributed by atoms with Crippen LogP contribution in [0.4, 0.5) is 5.69 Å². The molecule has 1 unspecified atom stereocenters. The Bertz CT molecular complexity index is 555. The van der Waals surface area contributed by atoms with Gasteiger partial charge in [-0.2, -0.15) is 0 Å². The maximum absolute atomic E-state index is 12.2. The molecule has 0 spiro atoms. The molecule has 2 heterocycles. The summed E-state index contributed by atoms with van der Waals surface area (Å²) in [5.74, 6) is 0.578. The van der Waals surface area contributed by atoms with Gasteiger partial charge in [-0.15, -0.1) is 0 Å². The number of benzene rings is 1. The first-order valence-corrected chi connectivity index (χ1v) is 6.74. The second-order valence-corrected chi connectivity index (χ2v) is 5.17. The average Bonchev–Trinajstić information content (AvgIpc) is 2.37. The van der Waals surface area contributed by atoms with Crippen LogP contribution in [0.5, 0.6) is 5.75 Å². The molecule has 0 saturated carbocycles. The number of nitrogens with one attached hydrogen (secondary N) is 3. The first kappa shape index (κ1) is 12.9. The average molecular weight is 275 g/mol. The molecular formula is C14H17N3O3. The first-order valence-electron chi connectivity index (χ1n) is 6.74. The van der Waals surface area contributed by atoms with Crippen molar-refractivity contribution < 1.29 is 14.3 Å². The van der Waals surface area contributed by atoms with Gasteiger partial charge in [0, 0.05) is 25.6 Å². The van der Waals surface area contributed by atoms with Crippen LogP contribution < -0.4 is 20.7 Å². The summed E-state index contributed by atoms with van der Waals surface area (Å²) < 4.78 is 5.56. The minimum Gasteiger partial charge on any atom is -0.478 e. The Morgan fingerprint density at radius 3 is 2.95 bits per heavy atom. The molecule has 6 nitrogen and oxygen atoms in total. The summed E-state index contributed by atoms with van der Waals surface area (Å²) in [6.07, 6.45) is -0.590. The minimum atomic E-state index is -0.590. The van der Waals surface area contributed by atoms with Crippen molar-refractivity contribution >= 4 is 17.5 Å². The van der Waals surface area contributed by atoms with Gasteiger partial charge >= 0.3 is 0 Å². The highest BCUT2D eigenvalue weighted by atomic mass is 16.5. The Kier molecular flexibility index (Phi) is 3.31. The molecule has 0 bridgehead atoms. The van der Waals surface area contributed by atoms with Gasteiger partial charge in [0.15, 0.2) is 11.9 Å². The van der Waals surface area contributed by atoms with Gasteiger partial charge in [0.05, 0.1) is 11.3 Å². The van der Waals surface area contributed by atoms with Crippen molar-refractivity contribution in [3.05, 3.63) is 23.8 Å². The number of carbonyl (C=O) groups excluding carboxylic acids is 2. The first-order chi connectivity index (χ1) is 9.65. The van der Waals surface area contributed by atoms with Gasteiger partial charge in [0.1, 0.15) is 0 Å². The predicted octanol–water partition coefficient (Wildman–Crippen LogP) is 0.355. The van der Waals surface area contributed by atoms with E-state index in [1.807, 2.05) is 0 Å². The third kappa shape index (κ3) is 2.34. The van der Waals surface area contributed by atoms with Crippen LogP contribution in [-0.4, -0.2) is 37.6 Å². The number of para-hydroxylation sites is 1. The summed E-state index contributed by atoms with van der Waals surface area (Å²) in [7, 11) is 0. The standard InChI is InChI=1S/C14H17N3O3/c1-8-13(18)17-11-4-2-3-10(12(11)20-8)14(19)16-7-9-5-15-6-9/h2-4,8-9,15H,5-7H2,1H3,(H,16,19)(H,17,18). The summed E-state index contributed by atoms with van der Waals surface area (Å²) in [6.45, 7) is 4.19. The van der Waals surface area contributed by atoms with E-state index in [0.29, 0.717) is 29.5 Å². The third-order valence-electron chi connectivity index (χ3n) is 3.60. The van der Waals surface area contributed by atoms with E-state index in [1.54, 1.807) is 25.1 Å². The molecule has 1 atom stereocenters. The lowest BCUT2D eigenvalue weighted by molar-refractivity contribution is -0.122. The number of carbonyl (C=O) groups is 2. The zero-order chi connectivity index (χ0) is 14.1. The Morgan fingerprint density at radius 1 is 1.45 bits per heavy atom. The van der Waals surface area contributed by atoms with Gasteiger partial charge in [-0.05, 0) is 19.1 Å². The highest BCUT2D eigenvalue weighted by molar-refractivity contribution is 6.03. The third-order valence-corrected chi connectivity index (χ3v) is 3.60. The summed E-state index contributed by atoms with van der Waals surface area (Å²) >= 11 is 0. The molecule has 1 aromatic carbocycles. The van der Waals surface area contributed by atoms with E-state index in [-0.39, 0.29) is 11.8 Å². The fraction of sp³-hybridized carbons (Fsp3) is 0.429. The maximum atomic E-state index is 12.2. The van der Waals surface area contributed by atoms with E-state index in [9.17, 15) is 9.59 Å². The Labute approximate surface area is 116 Å². The molecule has 2 amide bonds. The summed E-state index contributed by atoms with van der Waals surface area (Å²) in [5.41, 5.74) is 1.01. The van der Waals surface area contributed by atoms with Crippen LogP contribution in [0.1, 0.15) is 17.3 Å². The van der Waals surface area contributed by atoms with Gasteiger partial charge in [0.25, 0.3) is 11.8 Å². The second-order valence-electron chi connectivity index (χ2n) is 5.17. The quantitative estimate of drug-likeness (QED) is 0.744. The van der Waals surface area contributed by atoms with Crippen molar-refractivity contribution in [2.75, 3.05) is 25.0 Å². The number of anilines is 1. The molecule has 1 aromatic rings. The highest BCUT2D eigenvalue weighted by Gasteiger charge is 2.28. The van der Waals surface area contributed by atoms with Crippen molar-refractivity contribution in [2.45, 2.75) is 13.0 Å². The molecule has 3 N–H and O–H groups in total. The van der Waals surface area contributed by atoms with E-state index in [2.05, 4.69) is 16.0 Å². The number of ether oxygens (including phenoxy) is 1. The number of rotatable bonds is 3. The van der Waals surface area contributed by atoms with Crippen LogP contribution in [0.3, 0.4) is 0 Å². The number of hydrogen-bond acceptors (Lipinski definition) is 4. The van der Waals surface area contributed by atoms with Crippen LogP contribution in [0.25, 0.3) is 0 Å². The van der Waals surface area contributed by atoms with Crippen molar-refractivity contribution in [3.8, 4) is 5.75 Å². The molecule has 2 aliphatic heterocycles. The monoisotopic (exact) mass is 275 g/mol. The molecule has 3 rings (SSSR count). The summed E-state index contributed by atoms with van der Waals surface area (Å²) in [5, 5.41) is 8.81. The largest absolute Gasteiger partial charge is 0.478 e. The van der Waals surface area contributed by atoms with Gasteiger partial charge in [-0.25, -0.2) is 0 Å². The Balaban J connectivity index is 1.77. The van der Waals surface area contributed by atoms with Crippen molar-refractivity contribution in [1.82, 2.24) is 10.6 Å². The van der Waals surface area contributed by atoms with Crippen molar-refractivity contribution in [2.24, 2.45) is 5.92 Å². The van der Waals surface area contributed by atoms with E-state index in [4.69, 9.17) is 4.74 Å². The second kappa shape index (κ2) is 5.13. The predicted molar refractivity (Wildman–Crippen MR) is 73.9 cm³/mol.